The Kier molecular flexibility index (Phi) is 6.34. The number of hydrogen-bond donors (Lipinski definition) is 0. The van der Waals surface area contributed by atoms with Crippen molar-refractivity contribution in [2.75, 3.05) is 36.0 Å². The van der Waals surface area contributed by atoms with E-state index in [-0.39, 0.29) is 6.04 Å². The Hall–Kier alpha value is -3.59. The summed E-state index contributed by atoms with van der Waals surface area (Å²) < 4.78 is 0. The molecule has 0 aliphatic carbocycles. The number of fused-ring (bicyclic) bond motifs is 2. The van der Waals surface area contributed by atoms with Crippen molar-refractivity contribution in [1.82, 2.24) is 14.9 Å². The predicted octanol–water partition coefficient (Wildman–Crippen LogP) is 5.00. The molecule has 1 aromatic heterocycles. The van der Waals surface area contributed by atoms with Gasteiger partial charge in [-0.3, -0.25) is 0 Å². The SMILES string of the molecule is C=C(C)N1CCN(c2nc(CC)nc3c2CCN(c2cccc4cccc(C)c24)C3)CC1CC#N. The molecule has 3 aromatic rings. The van der Waals surface area contributed by atoms with Crippen molar-refractivity contribution in [1.29, 1.82) is 5.26 Å². The maximum absolute atomic E-state index is 9.43. The lowest BCUT2D eigenvalue weighted by molar-refractivity contribution is 0.230. The van der Waals surface area contributed by atoms with Crippen LogP contribution in [-0.2, 0) is 19.4 Å². The van der Waals surface area contributed by atoms with Crippen LogP contribution in [-0.4, -0.2) is 47.1 Å². The van der Waals surface area contributed by atoms with Crippen molar-refractivity contribution < 1.29 is 0 Å². The van der Waals surface area contributed by atoms with E-state index < -0.39 is 0 Å². The van der Waals surface area contributed by atoms with Crippen LogP contribution >= 0.6 is 0 Å². The number of anilines is 2. The number of aryl methyl sites for hydroxylation is 2. The van der Waals surface area contributed by atoms with E-state index in [0.29, 0.717) is 6.42 Å². The van der Waals surface area contributed by atoms with Gasteiger partial charge in [-0.1, -0.05) is 43.8 Å². The number of benzene rings is 2. The Morgan fingerprint density at radius 3 is 2.66 bits per heavy atom. The van der Waals surface area contributed by atoms with Gasteiger partial charge in [0.25, 0.3) is 0 Å². The normalized spacial score (nSPS) is 17.9. The topological polar surface area (TPSA) is 59.3 Å². The van der Waals surface area contributed by atoms with E-state index in [2.05, 4.69) is 77.6 Å². The summed E-state index contributed by atoms with van der Waals surface area (Å²) in [5, 5.41) is 12.0. The number of piperazine rings is 1. The van der Waals surface area contributed by atoms with E-state index in [9.17, 15) is 5.26 Å². The number of hydrogen-bond acceptors (Lipinski definition) is 6. The molecular formula is C29H34N6. The fourth-order valence-corrected chi connectivity index (χ4v) is 5.69. The van der Waals surface area contributed by atoms with Gasteiger partial charge in [0.15, 0.2) is 0 Å². The van der Waals surface area contributed by atoms with Crippen molar-refractivity contribution in [3.05, 3.63) is 71.3 Å². The molecule has 0 radical (unpaired) electrons. The Bertz CT molecular complexity index is 1300. The molecule has 1 fully saturated rings. The minimum Gasteiger partial charge on any atom is -0.368 e. The molecule has 6 heteroatoms. The van der Waals surface area contributed by atoms with Gasteiger partial charge in [-0.05, 0) is 37.3 Å². The molecule has 3 heterocycles. The number of aromatic nitrogens is 2. The molecule has 0 amide bonds. The fraction of sp³-hybridized carbons (Fsp3) is 0.414. The quantitative estimate of drug-likeness (QED) is 0.527. The second kappa shape index (κ2) is 9.58. The van der Waals surface area contributed by atoms with E-state index >= 15 is 0 Å². The van der Waals surface area contributed by atoms with Gasteiger partial charge in [-0.25, -0.2) is 9.97 Å². The molecule has 0 N–H and O–H groups in total. The van der Waals surface area contributed by atoms with Gasteiger partial charge in [-0.15, -0.1) is 0 Å². The van der Waals surface area contributed by atoms with Gasteiger partial charge >= 0.3 is 0 Å². The average molecular weight is 467 g/mol. The third-order valence-corrected chi connectivity index (χ3v) is 7.44. The van der Waals surface area contributed by atoms with Crippen molar-refractivity contribution in [2.24, 2.45) is 0 Å². The molecule has 2 aromatic carbocycles. The summed E-state index contributed by atoms with van der Waals surface area (Å²) in [5.41, 5.74) is 6.04. The molecule has 6 nitrogen and oxygen atoms in total. The van der Waals surface area contributed by atoms with Crippen LogP contribution in [0.2, 0.25) is 0 Å². The molecule has 0 saturated carbocycles. The number of rotatable bonds is 5. The Morgan fingerprint density at radius 2 is 1.91 bits per heavy atom. The molecule has 35 heavy (non-hydrogen) atoms. The molecule has 0 bridgehead atoms. The highest BCUT2D eigenvalue weighted by molar-refractivity contribution is 5.97. The van der Waals surface area contributed by atoms with E-state index in [0.717, 1.165) is 68.6 Å². The lowest BCUT2D eigenvalue weighted by Gasteiger charge is -2.43. The summed E-state index contributed by atoms with van der Waals surface area (Å²) in [6.07, 6.45) is 2.22. The highest BCUT2D eigenvalue weighted by atomic mass is 15.3. The fourth-order valence-electron chi connectivity index (χ4n) is 5.69. The third kappa shape index (κ3) is 4.32. The van der Waals surface area contributed by atoms with Gasteiger partial charge in [-0.2, -0.15) is 5.26 Å². The maximum Gasteiger partial charge on any atom is 0.136 e. The smallest absolute Gasteiger partial charge is 0.136 e. The second-order valence-electron chi connectivity index (χ2n) is 9.75. The highest BCUT2D eigenvalue weighted by Gasteiger charge is 2.31. The molecule has 1 atom stereocenters. The van der Waals surface area contributed by atoms with Crippen molar-refractivity contribution >= 4 is 22.3 Å². The molecule has 1 saturated heterocycles. The minimum atomic E-state index is 0.140. The van der Waals surface area contributed by atoms with Crippen LogP contribution in [0.1, 0.15) is 42.9 Å². The van der Waals surface area contributed by atoms with E-state index in [1.807, 2.05) is 6.92 Å². The molecule has 1 unspecified atom stereocenters. The molecule has 0 spiro atoms. The van der Waals surface area contributed by atoms with Gasteiger partial charge in [0.2, 0.25) is 0 Å². The third-order valence-electron chi connectivity index (χ3n) is 7.44. The van der Waals surface area contributed by atoms with Crippen LogP contribution in [0.25, 0.3) is 10.8 Å². The van der Waals surface area contributed by atoms with Crippen LogP contribution in [0.15, 0.2) is 48.7 Å². The highest BCUT2D eigenvalue weighted by Crippen LogP contribution is 2.35. The summed E-state index contributed by atoms with van der Waals surface area (Å²) in [7, 11) is 0. The number of nitrogens with zero attached hydrogens (tertiary/aromatic N) is 6. The van der Waals surface area contributed by atoms with Crippen molar-refractivity contribution in [2.45, 2.75) is 52.6 Å². The average Bonchev–Trinajstić information content (AvgIpc) is 2.87. The minimum absolute atomic E-state index is 0.140. The number of nitriles is 1. The molecule has 2 aliphatic heterocycles. The van der Waals surface area contributed by atoms with Crippen LogP contribution in [0.4, 0.5) is 11.5 Å². The first-order chi connectivity index (χ1) is 17.0. The summed E-state index contributed by atoms with van der Waals surface area (Å²) >= 11 is 0. The van der Waals surface area contributed by atoms with Gasteiger partial charge in [0.1, 0.15) is 11.6 Å². The Balaban J connectivity index is 1.49. The zero-order valence-electron chi connectivity index (χ0n) is 21.1. The monoisotopic (exact) mass is 466 g/mol. The van der Waals surface area contributed by atoms with Crippen molar-refractivity contribution in [3.63, 3.8) is 0 Å². The van der Waals surface area contributed by atoms with E-state index in [4.69, 9.17) is 9.97 Å². The number of allylic oxidation sites excluding steroid dienone is 1. The largest absolute Gasteiger partial charge is 0.368 e. The first kappa shape index (κ1) is 23.2. The second-order valence-corrected chi connectivity index (χ2v) is 9.75. The maximum atomic E-state index is 9.43. The Labute approximate surface area is 208 Å². The predicted molar refractivity (Wildman–Crippen MR) is 143 cm³/mol. The summed E-state index contributed by atoms with van der Waals surface area (Å²) in [4.78, 5) is 17.2. The lowest BCUT2D eigenvalue weighted by Crippen LogP contribution is -2.53. The summed E-state index contributed by atoms with van der Waals surface area (Å²) in [6, 6.07) is 15.6. The lowest BCUT2D eigenvalue weighted by atomic mass is 9.99. The van der Waals surface area contributed by atoms with Crippen LogP contribution in [0.3, 0.4) is 0 Å². The zero-order chi connectivity index (χ0) is 24.5. The van der Waals surface area contributed by atoms with Gasteiger partial charge in [0, 0.05) is 54.9 Å². The first-order valence-electron chi connectivity index (χ1n) is 12.7. The molecule has 180 valence electrons. The summed E-state index contributed by atoms with van der Waals surface area (Å²) in [5.74, 6) is 1.97. The van der Waals surface area contributed by atoms with E-state index in [1.165, 1.54) is 27.6 Å². The van der Waals surface area contributed by atoms with Crippen LogP contribution in [0.5, 0.6) is 0 Å². The Morgan fingerprint density at radius 1 is 1.11 bits per heavy atom. The molecule has 2 aliphatic rings. The van der Waals surface area contributed by atoms with Gasteiger partial charge < -0.3 is 14.7 Å². The molecular weight excluding hydrogens is 432 g/mol. The summed E-state index contributed by atoms with van der Waals surface area (Å²) in [6.45, 7) is 14.8. The standard InChI is InChI=1S/C29H34N6/c1-5-27-31-25-19-33(26-11-7-10-22-9-6-8-21(4)28(22)26)15-13-24(25)29(32-27)34-16-17-35(20(2)3)23(18-34)12-14-30/h6-11,23H,2,5,12-13,15-19H2,1,3-4H3. The molecule has 5 rings (SSSR count). The zero-order valence-corrected chi connectivity index (χ0v) is 21.1. The van der Waals surface area contributed by atoms with Crippen LogP contribution < -0.4 is 9.80 Å². The first-order valence-corrected chi connectivity index (χ1v) is 12.7. The van der Waals surface area contributed by atoms with E-state index in [1.54, 1.807) is 0 Å². The van der Waals surface area contributed by atoms with Crippen molar-refractivity contribution in [3.8, 4) is 6.07 Å². The van der Waals surface area contributed by atoms with Gasteiger partial charge in [0.05, 0.1) is 30.8 Å². The van der Waals surface area contributed by atoms with Crippen LogP contribution in [0, 0.1) is 18.3 Å².